The largest absolute Gasteiger partial charge is 0.505 e. The van der Waals surface area contributed by atoms with E-state index in [2.05, 4.69) is 0 Å². The molecule has 0 spiro atoms. The summed E-state index contributed by atoms with van der Waals surface area (Å²) in [7, 11) is 0. The highest BCUT2D eigenvalue weighted by Crippen LogP contribution is 2.38. The lowest BCUT2D eigenvalue weighted by Crippen LogP contribution is -2.23. The second-order valence-corrected chi connectivity index (χ2v) is 5.57. The highest BCUT2D eigenvalue weighted by Gasteiger charge is 2.23. The first-order valence-electron chi connectivity index (χ1n) is 6.03. The smallest absolute Gasteiger partial charge is 0.152 e. The van der Waals surface area contributed by atoms with Crippen LogP contribution in [0, 0.1) is 5.92 Å². The zero-order valence-electron chi connectivity index (χ0n) is 10.0. The number of nitrogens with two attached hydrogens (primary N) is 1. The molecule has 1 fully saturated rings. The van der Waals surface area contributed by atoms with Crippen LogP contribution in [0.5, 0.6) is 5.75 Å². The van der Waals surface area contributed by atoms with Crippen molar-refractivity contribution in [2.75, 3.05) is 0 Å². The predicted octanol–water partition coefficient (Wildman–Crippen LogP) is 4.70. The van der Waals surface area contributed by atoms with E-state index in [1.54, 1.807) is 12.1 Å². The minimum Gasteiger partial charge on any atom is -0.505 e. The molecule has 0 amide bonds. The first-order valence-corrected chi connectivity index (χ1v) is 6.78. The van der Waals surface area contributed by atoms with E-state index in [9.17, 15) is 5.11 Å². The Balaban J connectivity index is 0.00000162. The van der Waals surface area contributed by atoms with Crippen LogP contribution in [0.3, 0.4) is 0 Å². The molecule has 0 unspecified atom stereocenters. The number of benzene rings is 1. The molecule has 3 N–H and O–H groups in total. The summed E-state index contributed by atoms with van der Waals surface area (Å²) in [5.41, 5.74) is 7.18. The molecule has 5 heteroatoms. The third-order valence-corrected chi connectivity index (χ3v) is 4.16. The second-order valence-electron chi connectivity index (χ2n) is 4.76. The van der Waals surface area contributed by atoms with E-state index in [-0.39, 0.29) is 34.2 Å². The summed E-state index contributed by atoms with van der Waals surface area (Å²) in [6.45, 7) is 0. The van der Waals surface area contributed by atoms with Gasteiger partial charge in [0.25, 0.3) is 0 Å². The van der Waals surface area contributed by atoms with E-state index in [4.69, 9.17) is 28.9 Å². The first-order chi connectivity index (χ1) is 8.09. The Bertz CT molecular complexity index is 382. The first kappa shape index (κ1) is 15.9. The Morgan fingerprint density at radius 1 is 1.11 bits per heavy atom. The molecule has 0 aliphatic heterocycles. The quantitative estimate of drug-likeness (QED) is 0.831. The van der Waals surface area contributed by atoms with Crippen LogP contribution in [-0.4, -0.2) is 5.11 Å². The van der Waals surface area contributed by atoms with Crippen LogP contribution in [0.1, 0.15) is 43.7 Å². The topological polar surface area (TPSA) is 46.2 Å². The Labute approximate surface area is 124 Å². The van der Waals surface area contributed by atoms with Crippen molar-refractivity contribution >= 4 is 35.6 Å². The van der Waals surface area contributed by atoms with Crippen molar-refractivity contribution in [3.63, 3.8) is 0 Å². The van der Waals surface area contributed by atoms with Crippen molar-refractivity contribution in [3.8, 4) is 5.75 Å². The molecule has 0 bridgehead atoms. The average molecular weight is 311 g/mol. The van der Waals surface area contributed by atoms with Crippen LogP contribution in [-0.2, 0) is 0 Å². The third-order valence-electron chi connectivity index (χ3n) is 3.58. The maximum atomic E-state index is 9.52. The fraction of sp³-hybridized carbons (Fsp3) is 0.538. The van der Waals surface area contributed by atoms with Crippen molar-refractivity contribution in [2.24, 2.45) is 11.7 Å². The van der Waals surface area contributed by atoms with Gasteiger partial charge in [-0.15, -0.1) is 12.4 Å². The minimum absolute atomic E-state index is 0. The summed E-state index contributed by atoms with van der Waals surface area (Å²) in [6, 6.07) is 3.41. The zero-order chi connectivity index (χ0) is 12.4. The monoisotopic (exact) mass is 309 g/mol. The molecule has 1 aromatic rings. The van der Waals surface area contributed by atoms with Gasteiger partial charge in [-0.3, -0.25) is 0 Å². The van der Waals surface area contributed by atoms with Gasteiger partial charge in [-0.25, -0.2) is 0 Å². The van der Waals surface area contributed by atoms with E-state index >= 15 is 0 Å². The van der Waals surface area contributed by atoms with Gasteiger partial charge in [0, 0.05) is 6.04 Å². The molecular weight excluding hydrogens is 293 g/mol. The Morgan fingerprint density at radius 3 is 2.11 bits per heavy atom. The molecule has 102 valence electrons. The summed E-state index contributed by atoms with van der Waals surface area (Å²) in [5.74, 6) is 0.438. The van der Waals surface area contributed by atoms with Gasteiger partial charge in [0.15, 0.2) is 5.75 Å². The lowest BCUT2D eigenvalue weighted by molar-refractivity contribution is 0.308. The number of phenolic OH excluding ortho intramolecular Hbond substituents is 1. The summed E-state index contributed by atoms with van der Waals surface area (Å²) in [5, 5.41) is 10.1. The zero-order valence-corrected chi connectivity index (χ0v) is 12.4. The molecule has 1 aliphatic carbocycles. The molecule has 0 radical (unpaired) electrons. The standard InChI is InChI=1S/C13H17Cl2NO.ClH/c14-10-6-9(7-11(15)13(10)17)12(16)8-4-2-1-3-5-8;/h6-8,12,17H,1-5,16H2;1H/t12-;/m1./s1. The van der Waals surface area contributed by atoms with E-state index in [0.717, 1.165) is 18.4 Å². The Hall–Kier alpha value is -0.150. The van der Waals surface area contributed by atoms with Gasteiger partial charge < -0.3 is 10.8 Å². The third kappa shape index (κ3) is 3.45. The van der Waals surface area contributed by atoms with Crippen LogP contribution in [0.4, 0.5) is 0 Å². The molecule has 2 rings (SSSR count). The lowest BCUT2D eigenvalue weighted by Gasteiger charge is -2.28. The van der Waals surface area contributed by atoms with Crippen molar-refractivity contribution < 1.29 is 5.11 Å². The Morgan fingerprint density at radius 2 is 1.61 bits per heavy atom. The molecule has 0 saturated heterocycles. The molecule has 1 aliphatic rings. The summed E-state index contributed by atoms with van der Waals surface area (Å²) < 4.78 is 0. The lowest BCUT2D eigenvalue weighted by atomic mass is 9.81. The van der Waals surface area contributed by atoms with Gasteiger partial charge in [-0.1, -0.05) is 42.5 Å². The maximum absolute atomic E-state index is 9.52. The number of hydrogen-bond donors (Lipinski definition) is 2. The predicted molar refractivity (Wildman–Crippen MR) is 78.9 cm³/mol. The van der Waals surface area contributed by atoms with Crippen LogP contribution in [0.15, 0.2) is 12.1 Å². The second kappa shape index (κ2) is 6.85. The van der Waals surface area contributed by atoms with Gasteiger partial charge in [0.1, 0.15) is 0 Å². The molecule has 1 saturated carbocycles. The van der Waals surface area contributed by atoms with Gasteiger partial charge in [0.2, 0.25) is 0 Å². The van der Waals surface area contributed by atoms with Gasteiger partial charge >= 0.3 is 0 Å². The highest BCUT2D eigenvalue weighted by molar-refractivity contribution is 6.37. The van der Waals surface area contributed by atoms with Gasteiger partial charge in [-0.05, 0) is 36.5 Å². The van der Waals surface area contributed by atoms with Crippen molar-refractivity contribution in [1.82, 2.24) is 0 Å². The number of phenols is 1. The van der Waals surface area contributed by atoms with Crippen LogP contribution >= 0.6 is 35.6 Å². The van der Waals surface area contributed by atoms with Crippen molar-refractivity contribution in [1.29, 1.82) is 0 Å². The number of rotatable bonds is 2. The van der Waals surface area contributed by atoms with Gasteiger partial charge in [-0.2, -0.15) is 0 Å². The Kier molecular flexibility index (Phi) is 6.06. The molecule has 1 atom stereocenters. The molecule has 0 aromatic heterocycles. The van der Waals surface area contributed by atoms with E-state index in [0.29, 0.717) is 5.92 Å². The van der Waals surface area contributed by atoms with Crippen LogP contribution in [0.2, 0.25) is 10.0 Å². The number of halogens is 3. The summed E-state index contributed by atoms with van der Waals surface area (Å²) >= 11 is 11.8. The fourth-order valence-corrected chi connectivity index (χ4v) is 3.05. The molecule has 1 aromatic carbocycles. The van der Waals surface area contributed by atoms with E-state index in [1.165, 1.54) is 19.3 Å². The van der Waals surface area contributed by atoms with Gasteiger partial charge in [0.05, 0.1) is 10.0 Å². The van der Waals surface area contributed by atoms with Crippen LogP contribution < -0.4 is 5.73 Å². The SMILES string of the molecule is Cl.N[C@@H](c1cc(Cl)c(O)c(Cl)c1)C1CCCCC1. The molecule has 2 nitrogen and oxygen atoms in total. The van der Waals surface area contributed by atoms with Crippen molar-refractivity contribution in [3.05, 3.63) is 27.7 Å². The van der Waals surface area contributed by atoms with Crippen molar-refractivity contribution in [2.45, 2.75) is 38.1 Å². The summed E-state index contributed by atoms with van der Waals surface area (Å²) in [4.78, 5) is 0. The van der Waals surface area contributed by atoms with E-state index in [1.807, 2.05) is 0 Å². The van der Waals surface area contributed by atoms with E-state index < -0.39 is 0 Å². The highest BCUT2D eigenvalue weighted by atomic mass is 35.5. The summed E-state index contributed by atoms with van der Waals surface area (Å²) in [6.07, 6.45) is 6.13. The maximum Gasteiger partial charge on any atom is 0.152 e. The normalized spacial score (nSPS) is 18.2. The fourth-order valence-electron chi connectivity index (χ4n) is 2.54. The molecule has 0 heterocycles. The molecular formula is C13H18Cl3NO. The number of aromatic hydroxyl groups is 1. The number of hydrogen-bond acceptors (Lipinski definition) is 2. The minimum atomic E-state index is -0.0621. The van der Waals surface area contributed by atoms with Crippen LogP contribution in [0.25, 0.3) is 0 Å². The average Bonchev–Trinajstić information content (AvgIpc) is 2.35. The molecule has 18 heavy (non-hydrogen) atoms.